The van der Waals surface area contributed by atoms with Crippen molar-refractivity contribution in [3.05, 3.63) is 107 Å². The lowest BCUT2D eigenvalue weighted by molar-refractivity contribution is 1.26. The van der Waals surface area contributed by atoms with Crippen molar-refractivity contribution in [2.24, 2.45) is 0 Å². The summed E-state index contributed by atoms with van der Waals surface area (Å²) in [6.07, 6.45) is 0.997. The molecule has 1 aliphatic rings. The molecule has 0 saturated carbocycles. The zero-order valence-electron chi connectivity index (χ0n) is 14.2. The molecule has 26 heavy (non-hydrogen) atoms. The summed E-state index contributed by atoms with van der Waals surface area (Å²) >= 11 is 3.64. The van der Waals surface area contributed by atoms with Crippen LogP contribution in [0.5, 0.6) is 0 Å². The van der Waals surface area contributed by atoms with E-state index in [0.29, 0.717) is 0 Å². The monoisotopic (exact) mass is 396 g/mol. The van der Waals surface area contributed by atoms with Crippen molar-refractivity contribution in [1.29, 1.82) is 0 Å². The lowest BCUT2D eigenvalue weighted by Gasteiger charge is -2.13. The van der Waals surface area contributed by atoms with E-state index in [2.05, 4.69) is 107 Å². The van der Waals surface area contributed by atoms with E-state index in [1.165, 1.54) is 44.5 Å². The molecule has 0 unspecified atom stereocenters. The Bertz CT molecular complexity index is 1100. The van der Waals surface area contributed by atoms with E-state index < -0.39 is 0 Å². The van der Waals surface area contributed by atoms with Crippen LogP contribution in [0.1, 0.15) is 11.1 Å². The summed E-state index contributed by atoms with van der Waals surface area (Å²) in [4.78, 5) is 0. The lowest BCUT2D eigenvalue weighted by atomic mass is 9.91. The molecule has 0 heterocycles. The smallest absolute Gasteiger partial charge is 0.0181 e. The second kappa shape index (κ2) is 6.26. The maximum absolute atomic E-state index is 3.64. The second-order valence-electron chi connectivity index (χ2n) is 6.76. The van der Waals surface area contributed by atoms with Crippen molar-refractivity contribution in [1.82, 2.24) is 0 Å². The summed E-state index contributed by atoms with van der Waals surface area (Å²) < 4.78 is 1.13. The molecule has 0 N–H and O–H groups in total. The minimum atomic E-state index is 0.997. The molecule has 0 aliphatic heterocycles. The maximum atomic E-state index is 3.64. The van der Waals surface area contributed by atoms with Crippen molar-refractivity contribution >= 4 is 15.9 Å². The third-order valence-electron chi connectivity index (χ3n) is 5.17. The van der Waals surface area contributed by atoms with E-state index in [1.54, 1.807) is 0 Å². The first-order chi connectivity index (χ1) is 12.8. The Balaban J connectivity index is 1.80. The van der Waals surface area contributed by atoms with E-state index in [1.807, 2.05) is 0 Å². The first kappa shape index (κ1) is 15.6. The highest BCUT2D eigenvalue weighted by atomic mass is 79.9. The third-order valence-corrected chi connectivity index (χ3v) is 5.66. The van der Waals surface area contributed by atoms with Crippen molar-refractivity contribution in [2.45, 2.75) is 6.42 Å². The standard InChI is InChI=1S/C25H17Br/c26-21-12-11-19-13-24-22(18-9-5-2-6-10-18)14-20(15-25(24)23(19)16-21)17-7-3-1-4-8-17/h1-12,14-16H,13H2. The molecular formula is C25H17Br. The van der Waals surface area contributed by atoms with Gasteiger partial charge in [0.1, 0.15) is 0 Å². The van der Waals surface area contributed by atoms with Crippen LogP contribution in [0.15, 0.2) is 95.5 Å². The van der Waals surface area contributed by atoms with Crippen molar-refractivity contribution in [3.63, 3.8) is 0 Å². The largest absolute Gasteiger partial charge is 0.0622 e. The van der Waals surface area contributed by atoms with Crippen molar-refractivity contribution in [3.8, 4) is 33.4 Å². The van der Waals surface area contributed by atoms with Gasteiger partial charge in [-0.1, -0.05) is 82.7 Å². The van der Waals surface area contributed by atoms with Gasteiger partial charge in [-0.3, -0.25) is 0 Å². The molecule has 0 fully saturated rings. The van der Waals surface area contributed by atoms with E-state index >= 15 is 0 Å². The summed E-state index contributed by atoms with van der Waals surface area (Å²) in [5.74, 6) is 0. The SMILES string of the molecule is Brc1ccc2c(c1)-c1cc(-c3ccccc3)cc(-c3ccccc3)c1C2. The Labute approximate surface area is 162 Å². The number of halogens is 1. The van der Waals surface area contributed by atoms with E-state index in [4.69, 9.17) is 0 Å². The Morgan fingerprint density at radius 3 is 1.92 bits per heavy atom. The summed E-state index contributed by atoms with van der Waals surface area (Å²) in [5, 5.41) is 0. The Kier molecular flexibility index (Phi) is 3.76. The number of benzene rings is 4. The summed E-state index contributed by atoms with van der Waals surface area (Å²) in [7, 11) is 0. The van der Waals surface area contributed by atoms with Crippen LogP contribution in [0.25, 0.3) is 33.4 Å². The van der Waals surface area contributed by atoms with Crippen LogP contribution in [0, 0.1) is 0 Å². The molecule has 1 aliphatic carbocycles. The summed E-state index contributed by atoms with van der Waals surface area (Å²) in [6.45, 7) is 0. The molecule has 124 valence electrons. The van der Waals surface area contributed by atoms with Gasteiger partial charge in [0.25, 0.3) is 0 Å². The van der Waals surface area contributed by atoms with Gasteiger partial charge in [0, 0.05) is 4.47 Å². The quantitative estimate of drug-likeness (QED) is 0.292. The molecule has 0 spiro atoms. The third kappa shape index (κ3) is 2.60. The minimum Gasteiger partial charge on any atom is -0.0622 e. The predicted octanol–water partition coefficient (Wildman–Crippen LogP) is 7.35. The van der Waals surface area contributed by atoms with Crippen molar-refractivity contribution < 1.29 is 0 Å². The predicted molar refractivity (Wildman–Crippen MR) is 113 cm³/mol. The fourth-order valence-electron chi connectivity index (χ4n) is 3.92. The minimum absolute atomic E-state index is 0.997. The number of hydrogen-bond acceptors (Lipinski definition) is 0. The molecule has 5 rings (SSSR count). The van der Waals surface area contributed by atoms with Crippen LogP contribution in [0.3, 0.4) is 0 Å². The van der Waals surface area contributed by atoms with Gasteiger partial charge in [-0.15, -0.1) is 0 Å². The Morgan fingerprint density at radius 2 is 1.19 bits per heavy atom. The van der Waals surface area contributed by atoms with E-state index in [0.717, 1.165) is 10.9 Å². The molecule has 0 amide bonds. The summed E-state index contributed by atoms with van der Waals surface area (Å²) in [5.41, 5.74) is 10.7. The van der Waals surface area contributed by atoms with Gasteiger partial charge in [-0.05, 0) is 75.2 Å². The lowest BCUT2D eigenvalue weighted by Crippen LogP contribution is -1.90. The Morgan fingerprint density at radius 1 is 0.538 bits per heavy atom. The number of fused-ring (bicyclic) bond motifs is 3. The molecule has 0 bridgehead atoms. The van der Waals surface area contributed by atoms with Gasteiger partial charge in [0.15, 0.2) is 0 Å². The van der Waals surface area contributed by atoms with Crippen LogP contribution in [-0.2, 0) is 6.42 Å². The molecule has 0 saturated heterocycles. The highest BCUT2D eigenvalue weighted by molar-refractivity contribution is 9.10. The first-order valence-corrected chi connectivity index (χ1v) is 9.65. The van der Waals surface area contributed by atoms with Gasteiger partial charge in [-0.2, -0.15) is 0 Å². The van der Waals surface area contributed by atoms with E-state index in [-0.39, 0.29) is 0 Å². The average Bonchev–Trinajstić information content (AvgIpc) is 3.06. The van der Waals surface area contributed by atoms with Gasteiger partial charge in [0.2, 0.25) is 0 Å². The molecule has 0 atom stereocenters. The zero-order chi connectivity index (χ0) is 17.5. The van der Waals surface area contributed by atoms with Crippen molar-refractivity contribution in [2.75, 3.05) is 0 Å². The maximum Gasteiger partial charge on any atom is 0.0181 e. The highest BCUT2D eigenvalue weighted by Crippen LogP contribution is 2.45. The first-order valence-electron chi connectivity index (χ1n) is 8.86. The number of hydrogen-bond donors (Lipinski definition) is 0. The fraction of sp³-hybridized carbons (Fsp3) is 0.0400. The van der Waals surface area contributed by atoms with Gasteiger partial charge in [-0.25, -0.2) is 0 Å². The van der Waals surface area contributed by atoms with Crippen LogP contribution in [0.2, 0.25) is 0 Å². The number of rotatable bonds is 2. The van der Waals surface area contributed by atoms with Crippen LogP contribution in [0.4, 0.5) is 0 Å². The van der Waals surface area contributed by atoms with Crippen LogP contribution in [-0.4, -0.2) is 0 Å². The molecule has 0 radical (unpaired) electrons. The second-order valence-corrected chi connectivity index (χ2v) is 7.68. The molecule has 0 aromatic heterocycles. The molecule has 4 aromatic carbocycles. The normalized spacial score (nSPS) is 11.9. The topological polar surface area (TPSA) is 0 Å². The van der Waals surface area contributed by atoms with Crippen LogP contribution >= 0.6 is 15.9 Å². The Hall–Kier alpha value is -2.64. The van der Waals surface area contributed by atoms with Gasteiger partial charge in [0.05, 0.1) is 0 Å². The highest BCUT2D eigenvalue weighted by Gasteiger charge is 2.23. The van der Waals surface area contributed by atoms with E-state index in [9.17, 15) is 0 Å². The van der Waals surface area contributed by atoms with Crippen LogP contribution < -0.4 is 0 Å². The fourth-order valence-corrected chi connectivity index (χ4v) is 4.28. The van der Waals surface area contributed by atoms with Gasteiger partial charge < -0.3 is 0 Å². The molecular weight excluding hydrogens is 380 g/mol. The molecule has 0 nitrogen and oxygen atoms in total. The molecule has 1 heteroatoms. The van der Waals surface area contributed by atoms with Gasteiger partial charge >= 0.3 is 0 Å². The summed E-state index contributed by atoms with van der Waals surface area (Å²) in [6, 6.07) is 32.8. The average molecular weight is 397 g/mol. The molecule has 4 aromatic rings. The zero-order valence-corrected chi connectivity index (χ0v) is 15.8.